The van der Waals surface area contributed by atoms with Gasteiger partial charge in [-0.15, -0.1) is 0 Å². The third-order valence-electron chi connectivity index (χ3n) is 4.84. The van der Waals surface area contributed by atoms with E-state index in [1.165, 1.54) is 23.4 Å². The third-order valence-corrected chi connectivity index (χ3v) is 5.82. The van der Waals surface area contributed by atoms with Crippen molar-refractivity contribution < 1.29 is 4.79 Å². The zero-order valence-electron chi connectivity index (χ0n) is 16.6. The van der Waals surface area contributed by atoms with E-state index in [4.69, 9.17) is 0 Å². The van der Waals surface area contributed by atoms with E-state index in [-0.39, 0.29) is 17.2 Å². The summed E-state index contributed by atoms with van der Waals surface area (Å²) in [5, 5.41) is 3.45. The number of anilines is 1. The van der Waals surface area contributed by atoms with Crippen molar-refractivity contribution in [1.82, 2.24) is 18.7 Å². The molecule has 0 aliphatic carbocycles. The molecule has 2 heterocycles. The summed E-state index contributed by atoms with van der Waals surface area (Å²) in [6.07, 6.45) is 0. The largest absolute Gasteiger partial charge is 0.332 e. The van der Waals surface area contributed by atoms with Crippen LogP contribution in [0.3, 0.4) is 0 Å². The third kappa shape index (κ3) is 3.37. The standard InChI is InChI=1S/C19H23N5O3S/c1-6-24-15-16(22(4)19(27)23(5)17(15)26)21-18(24)28-10-14(25)20-13-9-7-8-11(2)12(13)3/h7-9H,6,10H2,1-5H3,(H,20,25). The normalized spacial score (nSPS) is 11.2. The topological polar surface area (TPSA) is 90.9 Å². The predicted octanol–water partition coefficient (Wildman–Crippen LogP) is 1.80. The molecular formula is C19H23N5O3S. The van der Waals surface area contributed by atoms with Crippen molar-refractivity contribution in [2.24, 2.45) is 14.1 Å². The molecule has 0 aliphatic rings. The number of thioether (sulfide) groups is 1. The van der Waals surface area contributed by atoms with Crippen LogP contribution in [0, 0.1) is 13.8 Å². The lowest BCUT2D eigenvalue weighted by molar-refractivity contribution is -0.113. The smallest absolute Gasteiger partial charge is 0.325 e. The van der Waals surface area contributed by atoms with Crippen LogP contribution < -0.4 is 16.6 Å². The summed E-state index contributed by atoms with van der Waals surface area (Å²) < 4.78 is 4.16. The molecule has 0 saturated heterocycles. The van der Waals surface area contributed by atoms with Gasteiger partial charge in [0.25, 0.3) is 5.56 Å². The Morgan fingerprint density at radius 2 is 1.89 bits per heavy atom. The van der Waals surface area contributed by atoms with Gasteiger partial charge in [-0.25, -0.2) is 9.78 Å². The molecule has 0 fully saturated rings. The van der Waals surface area contributed by atoms with E-state index in [2.05, 4.69) is 10.3 Å². The van der Waals surface area contributed by atoms with Gasteiger partial charge in [0, 0.05) is 26.3 Å². The molecular weight excluding hydrogens is 378 g/mol. The number of hydrogen-bond acceptors (Lipinski definition) is 5. The molecule has 0 radical (unpaired) electrons. The first-order chi connectivity index (χ1) is 13.3. The van der Waals surface area contributed by atoms with Crippen LogP contribution in [0.25, 0.3) is 11.2 Å². The average Bonchev–Trinajstić information content (AvgIpc) is 3.05. The Morgan fingerprint density at radius 3 is 2.57 bits per heavy atom. The van der Waals surface area contributed by atoms with Crippen molar-refractivity contribution in [2.75, 3.05) is 11.1 Å². The highest BCUT2D eigenvalue weighted by molar-refractivity contribution is 7.99. The first-order valence-electron chi connectivity index (χ1n) is 8.91. The lowest BCUT2D eigenvalue weighted by Crippen LogP contribution is -2.37. The van der Waals surface area contributed by atoms with Gasteiger partial charge in [0.15, 0.2) is 16.3 Å². The van der Waals surface area contributed by atoms with Crippen LogP contribution in [-0.4, -0.2) is 30.3 Å². The lowest BCUT2D eigenvalue weighted by atomic mass is 10.1. The number of imidazole rings is 1. The molecule has 148 valence electrons. The molecule has 28 heavy (non-hydrogen) atoms. The van der Waals surface area contributed by atoms with Gasteiger partial charge in [-0.3, -0.25) is 18.7 Å². The van der Waals surface area contributed by atoms with Gasteiger partial charge in [-0.05, 0) is 38.0 Å². The van der Waals surface area contributed by atoms with Crippen LogP contribution in [0.15, 0.2) is 32.9 Å². The van der Waals surface area contributed by atoms with Crippen molar-refractivity contribution in [1.29, 1.82) is 0 Å². The molecule has 0 aliphatic heterocycles. The van der Waals surface area contributed by atoms with Crippen molar-refractivity contribution in [3.8, 4) is 0 Å². The van der Waals surface area contributed by atoms with Crippen molar-refractivity contribution in [3.05, 3.63) is 50.2 Å². The number of carbonyl (C=O) groups excluding carboxylic acids is 1. The number of hydrogen-bond donors (Lipinski definition) is 1. The fourth-order valence-corrected chi connectivity index (χ4v) is 3.89. The van der Waals surface area contributed by atoms with Crippen LogP contribution in [0.5, 0.6) is 0 Å². The van der Waals surface area contributed by atoms with E-state index in [1.54, 1.807) is 11.6 Å². The summed E-state index contributed by atoms with van der Waals surface area (Å²) in [7, 11) is 3.03. The number of aryl methyl sites for hydroxylation is 3. The molecule has 8 nitrogen and oxygen atoms in total. The molecule has 0 saturated carbocycles. The minimum absolute atomic E-state index is 0.144. The first-order valence-corrected chi connectivity index (χ1v) is 9.89. The molecule has 0 unspecified atom stereocenters. The summed E-state index contributed by atoms with van der Waals surface area (Å²) >= 11 is 1.24. The van der Waals surface area contributed by atoms with Gasteiger partial charge >= 0.3 is 5.69 Å². The Morgan fingerprint density at radius 1 is 1.18 bits per heavy atom. The summed E-state index contributed by atoms with van der Waals surface area (Å²) in [4.78, 5) is 41.6. The number of carbonyl (C=O) groups is 1. The summed E-state index contributed by atoms with van der Waals surface area (Å²) in [6, 6.07) is 5.76. The molecule has 1 N–H and O–H groups in total. The van der Waals surface area contributed by atoms with Gasteiger partial charge in [-0.2, -0.15) is 0 Å². The zero-order valence-corrected chi connectivity index (χ0v) is 17.4. The maximum absolute atomic E-state index is 12.5. The molecule has 9 heteroatoms. The quantitative estimate of drug-likeness (QED) is 0.659. The molecule has 0 bridgehead atoms. The van der Waals surface area contributed by atoms with Gasteiger partial charge in [0.2, 0.25) is 5.91 Å². The van der Waals surface area contributed by atoms with Gasteiger partial charge < -0.3 is 9.88 Å². The maximum Gasteiger partial charge on any atom is 0.332 e. The number of nitrogens with one attached hydrogen (secondary N) is 1. The van der Waals surface area contributed by atoms with Crippen LogP contribution in [0.2, 0.25) is 0 Å². The number of rotatable bonds is 5. The van der Waals surface area contributed by atoms with Crippen molar-refractivity contribution in [3.63, 3.8) is 0 Å². The Hall–Kier alpha value is -2.81. The number of fused-ring (bicyclic) bond motifs is 1. The molecule has 2 aromatic heterocycles. The number of aromatic nitrogens is 4. The van der Waals surface area contributed by atoms with E-state index < -0.39 is 5.69 Å². The molecule has 3 aromatic rings. The number of amides is 1. The Labute approximate surface area is 166 Å². The minimum atomic E-state index is -0.428. The van der Waals surface area contributed by atoms with E-state index in [1.807, 2.05) is 39.0 Å². The Kier molecular flexibility index (Phi) is 5.46. The summed E-state index contributed by atoms with van der Waals surface area (Å²) in [5.41, 5.74) is 2.79. The predicted molar refractivity (Wildman–Crippen MR) is 111 cm³/mol. The van der Waals surface area contributed by atoms with E-state index in [9.17, 15) is 14.4 Å². The zero-order chi connectivity index (χ0) is 20.6. The van der Waals surface area contributed by atoms with Crippen LogP contribution in [-0.2, 0) is 25.4 Å². The highest BCUT2D eigenvalue weighted by atomic mass is 32.2. The number of benzene rings is 1. The summed E-state index contributed by atoms with van der Waals surface area (Å²) in [6.45, 7) is 6.36. The highest BCUT2D eigenvalue weighted by Gasteiger charge is 2.19. The fourth-order valence-electron chi connectivity index (χ4n) is 3.03. The lowest BCUT2D eigenvalue weighted by Gasteiger charge is -2.10. The summed E-state index contributed by atoms with van der Waals surface area (Å²) in [5.74, 6) is -0.0134. The van der Waals surface area contributed by atoms with Gasteiger partial charge in [0.1, 0.15) is 0 Å². The maximum atomic E-state index is 12.5. The number of nitrogens with zero attached hydrogens (tertiary/aromatic N) is 4. The second-order valence-corrected chi connectivity index (χ2v) is 7.54. The second kappa shape index (κ2) is 7.67. The second-order valence-electron chi connectivity index (χ2n) is 6.60. The first kappa shape index (κ1) is 19.9. The van der Waals surface area contributed by atoms with Crippen LogP contribution in [0.4, 0.5) is 5.69 Å². The SMILES string of the molecule is CCn1c(SCC(=O)Nc2cccc(C)c2C)nc2c1c(=O)n(C)c(=O)n2C. The molecule has 0 atom stereocenters. The molecule has 1 aromatic carbocycles. The van der Waals surface area contributed by atoms with E-state index in [0.29, 0.717) is 22.9 Å². The van der Waals surface area contributed by atoms with Crippen molar-refractivity contribution in [2.45, 2.75) is 32.5 Å². The van der Waals surface area contributed by atoms with E-state index in [0.717, 1.165) is 21.4 Å². The Balaban J connectivity index is 1.89. The molecule has 0 spiro atoms. The highest BCUT2D eigenvalue weighted by Crippen LogP contribution is 2.23. The minimum Gasteiger partial charge on any atom is -0.325 e. The van der Waals surface area contributed by atoms with Gasteiger partial charge in [0.05, 0.1) is 5.75 Å². The van der Waals surface area contributed by atoms with Crippen LogP contribution >= 0.6 is 11.8 Å². The molecule has 1 amide bonds. The Bertz CT molecular complexity index is 1190. The van der Waals surface area contributed by atoms with Crippen LogP contribution in [0.1, 0.15) is 18.1 Å². The monoisotopic (exact) mass is 401 g/mol. The fraction of sp³-hybridized carbons (Fsp3) is 0.368. The van der Waals surface area contributed by atoms with Gasteiger partial charge in [-0.1, -0.05) is 23.9 Å². The van der Waals surface area contributed by atoms with Crippen molar-refractivity contribution >= 4 is 34.5 Å². The average molecular weight is 401 g/mol. The molecule has 3 rings (SSSR count). The van der Waals surface area contributed by atoms with E-state index >= 15 is 0 Å².